The number of ether oxygens (including phenoxy) is 2. The van der Waals surface area contributed by atoms with E-state index in [1.54, 1.807) is 49.6 Å². The Kier molecular flexibility index (Phi) is 5.19. The molecule has 120 valence electrons. The third kappa shape index (κ3) is 4.00. The summed E-state index contributed by atoms with van der Waals surface area (Å²) in [6.45, 7) is 0. The molecule has 6 nitrogen and oxygen atoms in total. The molecule has 2 rings (SSSR count). The maximum Gasteiger partial charge on any atom is 0.250 e. The minimum Gasteiger partial charge on any atom is -0.497 e. The van der Waals surface area contributed by atoms with Gasteiger partial charge in [-0.3, -0.25) is 9.59 Å². The Hall–Kier alpha value is -3.02. The van der Waals surface area contributed by atoms with Gasteiger partial charge in [0.2, 0.25) is 5.91 Å². The van der Waals surface area contributed by atoms with E-state index in [1.165, 1.54) is 7.11 Å². The topological polar surface area (TPSA) is 90.6 Å². The summed E-state index contributed by atoms with van der Waals surface area (Å²) in [5.74, 6) is 0.331. The van der Waals surface area contributed by atoms with Gasteiger partial charge in [0.25, 0.3) is 5.91 Å². The summed E-state index contributed by atoms with van der Waals surface area (Å²) in [6, 6.07) is 11.8. The SMILES string of the molecule is COc1ccc(CC(=O)Nc2ccccc2C(N)=O)c(OC)c1. The first-order valence-electron chi connectivity index (χ1n) is 6.94. The first kappa shape index (κ1) is 16.4. The number of para-hydroxylation sites is 1. The van der Waals surface area contributed by atoms with Gasteiger partial charge in [-0.2, -0.15) is 0 Å². The van der Waals surface area contributed by atoms with Crippen LogP contribution in [0.5, 0.6) is 11.5 Å². The molecule has 0 unspecified atom stereocenters. The smallest absolute Gasteiger partial charge is 0.250 e. The number of hydrogen-bond acceptors (Lipinski definition) is 4. The third-order valence-corrected chi connectivity index (χ3v) is 3.31. The van der Waals surface area contributed by atoms with Gasteiger partial charge < -0.3 is 20.5 Å². The normalized spacial score (nSPS) is 10.0. The molecule has 0 fully saturated rings. The maximum atomic E-state index is 12.2. The van der Waals surface area contributed by atoms with Crippen LogP contribution in [-0.2, 0) is 11.2 Å². The van der Waals surface area contributed by atoms with Crippen molar-refractivity contribution in [3.05, 3.63) is 53.6 Å². The van der Waals surface area contributed by atoms with Crippen molar-refractivity contribution in [2.24, 2.45) is 5.73 Å². The van der Waals surface area contributed by atoms with Gasteiger partial charge >= 0.3 is 0 Å². The zero-order valence-corrected chi connectivity index (χ0v) is 13.0. The van der Waals surface area contributed by atoms with Gasteiger partial charge in [-0.05, 0) is 18.2 Å². The Morgan fingerprint density at radius 3 is 2.48 bits per heavy atom. The maximum absolute atomic E-state index is 12.2. The zero-order chi connectivity index (χ0) is 16.8. The lowest BCUT2D eigenvalue weighted by atomic mass is 10.1. The fourth-order valence-electron chi connectivity index (χ4n) is 2.17. The van der Waals surface area contributed by atoms with Crippen LogP contribution >= 0.6 is 0 Å². The number of benzene rings is 2. The molecule has 23 heavy (non-hydrogen) atoms. The van der Waals surface area contributed by atoms with Crippen LogP contribution in [-0.4, -0.2) is 26.0 Å². The summed E-state index contributed by atoms with van der Waals surface area (Å²) in [5.41, 5.74) is 6.66. The summed E-state index contributed by atoms with van der Waals surface area (Å²) in [7, 11) is 3.08. The van der Waals surface area contributed by atoms with Crippen molar-refractivity contribution in [1.29, 1.82) is 0 Å². The summed E-state index contributed by atoms with van der Waals surface area (Å²) in [6.07, 6.45) is 0.0975. The Labute approximate surface area is 134 Å². The Morgan fingerprint density at radius 1 is 1.09 bits per heavy atom. The van der Waals surface area contributed by atoms with Crippen molar-refractivity contribution in [1.82, 2.24) is 0 Å². The minimum absolute atomic E-state index is 0.0975. The average Bonchev–Trinajstić information content (AvgIpc) is 2.55. The van der Waals surface area contributed by atoms with E-state index in [0.717, 1.165) is 0 Å². The second-order valence-corrected chi connectivity index (χ2v) is 4.81. The van der Waals surface area contributed by atoms with Crippen LogP contribution in [0, 0.1) is 0 Å². The summed E-state index contributed by atoms with van der Waals surface area (Å²) < 4.78 is 10.4. The number of nitrogens with one attached hydrogen (secondary N) is 1. The van der Waals surface area contributed by atoms with Crippen molar-refractivity contribution in [3.63, 3.8) is 0 Å². The Balaban J connectivity index is 2.16. The molecule has 0 atom stereocenters. The molecule has 0 radical (unpaired) electrons. The van der Waals surface area contributed by atoms with E-state index in [-0.39, 0.29) is 17.9 Å². The molecule has 0 heterocycles. The van der Waals surface area contributed by atoms with Crippen LogP contribution in [0.15, 0.2) is 42.5 Å². The second-order valence-electron chi connectivity index (χ2n) is 4.81. The zero-order valence-electron chi connectivity index (χ0n) is 13.0. The Bertz CT molecular complexity index is 728. The minimum atomic E-state index is -0.595. The van der Waals surface area contributed by atoms with Gasteiger partial charge in [0.05, 0.1) is 31.9 Å². The number of hydrogen-bond donors (Lipinski definition) is 2. The molecule has 0 spiro atoms. The van der Waals surface area contributed by atoms with Gasteiger partial charge in [0.15, 0.2) is 0 Å². The molecule has 0 saturated heterocycles. The van der Waals surface area contributed by atoms with E-state index < -0.39 is 5.91 Å². The van der Waals surface area contributed by atoms with Crippen LogP contribution in [0.1, 0.15) is 15.9 Å². The second kappa shape index (κ2) is 7.31. The number of nitrogens with two attached hydrogens (primary N) is 1. The lowest BCUT2D eigenvalue weighted by molar-refractivity contribution is -0.115. The highest BCUT2D eigenvalue weighted by molar-refractivity contribution is 6.03. The number of amides is 2. The van der Waals surface area contributed by atoms with Crippen LogP contribution in [0.4, 0.5) is 5.69 Å². The molecule has 0 aliphatic rings. The molecule has 0 bridgehead atoms. The van der Waals surface area contributed by atoms with Gasteiger partial charge in [-0.25, -0.2) is 0 Å². The molecule has 0 aromatic heterocycles. The standard InChI is InChI=1S/C17H18N2O4/c1-22-12-8-7-11(15(10-12)23-2)9-16(20)19-14-6-4-3-5-13(14)17(18)21/h3-8,10H,9H2,1-2H3,(H2,18,21)(H,19,20). The summed E-state index contributed by atoms with van der Waals surface area (Å²) in [4.78, 5) is 23.6. The highest BCUT2D eigenvalue weighted by Gasteiger charge is 2.13. The van der Waals surface area contributed by atoms with E-state index in [0.29, 0.717) is 22.7 Å². The van der Waals surface area contributed by atoms with Crippen molar-refractivity contribution >= 4 is 17.5 Å². The van der Waals surface area contributed by atoms with E-state index in [1.807, 2.05) is 0 Å². The first-order chi connectivity index (χ1) is 11.0. The van der Waals surface area contributed by atoms with Gasteiger partial charge in [0, 0.05) is 11.6 Å². The molecule has 0 aliphatic heterocycles. The molecular weight excluding hydrogens is 296 g/mol. The molecular formula is C17H18N2O4. The number of carbonyl (C=O) groups excluding carboxylic acids is 2. The molecule has 0 saturated carbocycles. The average molecular weight is 314 g/mol. The monoisotopic (exact) mass is 314 g/mol. The fraction of sp³-hybridized carbons (Fsp3) is 0.176. The Morgan fingerprint density at radius 2 is 1.83 bits per heavy atom. The molecule has 2 amide bonds. The number of carbonyl (C=O) groups is 2. The van der Waals surface area contributed by atoms with E-state index in [9.17, 15) is 9.59 Å². The predicted molar refractivity (Wildman–Crippen MR) is 86.8 cm³/mol. The number of methoxy groups -OCH3 is 2. The fourth-order valence-corrected chi connectivity index (χ4v) is 2.17. The van der Waals surface area contributed by atoms with Crippen molar-refractivity contribution < 1.29 is 19.1 Å². The summed E-state index contributed by atoms with van der Waals surface area (Å²) >= 11 is 0. The number of primary amides is 1. The van der Waals surface area contributed by atoms with Gasteiger partial charge in [-0.1, -0.05) is 18.2 Å². The molecule has 3 N–H and O–H groups in total. The highest BCUT2D eigenvalue weighted by atomic mass is 16.5. The quantitative estimate of drug-likeness (QED) is 0.853. The summed E-state index contributed by atoms with van der Waals surface area (Å²) in [5, 5.41) is 2.69. The molecule has 6 heteroatoms. The van der Waals surface area contributed by atoms with E-state index in [2.05, 4.69) is 5.32 Å². The lowest BCUT2D eigenvalue weighted by Crippen LogP contribution is -2.19. The number of anilines is 1. The molecule has 0 aliphatic carbocycles. The van der Waals surface area contributed by atoms with Crippen LogP contribution in [0.2, 0.25) is 0 Å². The van der Waals surface area contributed by atoms with Crippen LogP contribution in [0.3, 0.4) is 0 Å². The van der Waals surface area contributed by atoms with Crippen molar-refractivity contribution in [3.8, 4) is 11.5 Å². The van der Waals surface area contributed by atoms with Gasteiger partial charge in [-0.15, -0.1) is 0 Å². The lowest BCUT2D eigenvalue weighted by Gasteiger charge is -2.12. The molecule has 2 aromatic carbocycles. The van der Waals surface area contributed by atoms with Crippen LogP contribution < -0.4 is 20.5 Å². The largest absolute Gasteiger partial charge is 0.497 e. The highest BCUT2D eigenvalue weighted by Crippen LogP contribution is 2.25. The van der Waals surface area contributed by atoms with E-state index >= 15 is 0 Å². The van der Waals surface area contributed by atoms with Crippen molar-refractivity contribution in [2.45, 2.75) is 6.42 Å². The van der Waals surface area contributed by atoms with Crippen LogP contribution in [0.25, 0.3) is 0 Å². The van der Waals surface area contributed by atoms with Crippen molar-refractivity contribution in [2.75, 3.05) is 19.5 Å². The third-order valence-electron chi connectivity index (χ3n) is 3.31. The van der Waals surface area contributed by atoms with Gasteiger partial charge in [0.1, 0.15) is 11.5 Å². The molecule has 2 aromatic rings. The van der Waals surface area contributed by atoms with E-state index in [4.69, 9.17) is 15.2 Å². The first-order valence-corrected chi connectivity index (χ1v) is 6.94. The predicted octanol–water partition coefficient (Wildman–Crippen LogP) is 1.98. The number of rotatable bonds is 6.